The molecule has 1 saturated heterocycles. The van der Waals surface area contributed by atoms with Gasteiger partial charge in [0.1, 0.15) is 0 Å². The summed E-state index contributed by atoms with van der Waals surface area (Å²) in [7, 11) is 0. The van der Waals surface area contributed by atoms with Crippen molar-refractivity contribution in [1.82, 2.24) is 10.3 Å². The number of nitrogens with zero attached hydrogens (tertiary/aromatic N) is 2. The van der Waals surface area contributed by atoms with E-state index in [4.69, 9.17) is 0 Å². The number of benzene rings is 1. The van der Waals surface area contributed by atoms with Crippen LogP contribution >= 0.6 is 0 Å². The van der Waals surface area contributed by atoms with Crippen LogP contribution in [0.1, 0.15) is 16.1 Å². The summed E-state index contributed by atoms with van der Waals surface area (Å²) in [5.74, 6) is -0.965. The predicted octanol–water partition coefficient (Wildman–Crippen LogP) is 1.65. The van der Waals surface area contributed by atoms with Crippen molar-refractivity contribution >= 4 is 22.6 Å². The summed E-state index contributed by atoms with van der Waals surface area (Å²) < 4.78 is 0. The molecule has 0 spiro atoms. The van der Waals surface area contributed by atoms with Crippen molar-refractivity contribution in [2.24, 2.45) is 0 Å². The summed E-state index contributed by atoms with van der Waals surface area (Å²) in [6.07, 6.45) is 0. The second kappa shape index (κ2) is 5.09. The number of aromatic nitrogens is 1. The van der Waals surface area contributed by atoms with Gasteiger partial charge < -0.3 is 15.3 Å². The highest BCUT2D eigenvalue weighted by Crippen LogP contribution is 2.30. The first-order valence-electron chi connectivity index (χ1n) is 6.77. The second-order valence-electron chi connectivity index (χ2n) is 4.99. The fourth-order valence-electron chi connectivity index (χ4n) is 2.79. The Hall–Kier alpha value is -2.14. The van der Waals surface area contributed by atoms with Crippen molar-refractivity contribution in [2.75, 3.05) is 31.1 Å². The molecule has 1 aromatic carbocycles. The van der Waals surface area contributed by atoms with Crippen LogP contribution in [0.2, 0.25) is 0 Å². The summed E-state index contributed by atoms with van der Waals surface area (Å²) in [6.45, 7) is 5.33. The molecule has 2 aromatic rings. The number of aromatic carboxylic acids is 1. The van der Waals surface area contributed by atoms with Gasteiger partial charge in [-0.1, -0.05) is 18.2 Å². The second-order valence-corrected chi connectivity index (χ2v) is 4.99. The third-order valence-corrected chi connectivity index (χ3v) is 3.76. The van der Waals surface area contributed by atoms with Gasteiger partial charge in [0.05, 0.1) is 11.2 Å². The topological polar surface area (TPSA) is 65.5 Å². The largest absolute Gasteiger partial charge is 0.476 e. The number of hydrogen-bond donors (Lipinski definition) is 2. The number of fused-ring (bicyclic) bond motifs is 1. The lowest BCUT2D eigenvalue weighted by Crippen LogP contribution is -2.44. The van der Waals surface area contributed by atoms with Gasteiger partial charge in [0.15, 0.2) is 5.69 Å². The molecule has 0 saturated carbocycles. The summed E-state index contributed by atoms with van der Waals surface area (Å²) in [5, 5.41) is 13.8. The highest BCUT2D eigenvalue weighted by Gasteiger charge is 2.23. The summed E-state index contributed by atoms with van der Waals surface area (Å²) in [6, 6.07) is 7.69. The number of piperazine rings is 1. The van der Waals surface area contributed by atoms with Crippen molar-refractivity contribution in [2.45, 2.75) is 6.92 Å². The maximum Gasteiger partial charge on any atom is 0.356 e. The summed E-state index contributed by atoms with van der Waals surface area (Å²) >= 11 is 0. The van der Waals surface area contributed by atoms with E-state index < -0.39 is 5.97 Å². The zero-order chi connectivity index (χ0) is 14.1. The molecule has 1 aliphatic heterocycles. The fraction of sp³-hybridized carbons (Fsp3) is 0.333. The maximum absolute atomic E-state index is 11.6. The number of rotatable bonds is 2. The number of carboxylic acid groups (broad SMARTS) is 1. The van der Waals surface area contributed by atoms with Gasteiger partial charge in [0.25, 0.3) is 0 Å². The van der Waals surface area contributed by atoms with Crippen LogP contribution in [0.15, 0.2) is 24.3 Å². The lowest BCUT2D eigenvalue weighted by Gasteiger charge is -2.31. The molecule has 1 aromatic heterocycles. The Morgan fingerprint density at radius 2 is 2.00 bits per heavy atom. The van der Waals surface area contributed by atoms with Gasteiger partial charge in [-0.2, -0.15) is 0 Å². The Morgan fingerprint density at radius 3 is 2.70 bits per heavy atom. The quantitative estimate of drug-likeness (QED) is 0.869. The van der Waals surface area contributed by atoms with Crippen molar-refractivity contribution in [3.05, 3.63) is 35.5 Å². The molecule has 1 fully saturated rings. The van der Waals surface area contributed by atoms with Crippen molar-refractivity contribution in [1.29, 1.82) is 0 Å². The number of pyridine rings is 1. The Kier molecular flexibility index (Phi) is 3.28. The van der Waals surface area contributed by atoms with Gasteiger partial charge in [0.2, 0.25) is 0 Å². The zero-order valence-electron chi connectivity index (χ0n) is 11.4. The minimum Gasteiger partial charge on any atom is -0.476 e. The van der Waals surface area contributed by atoms with E-state index in [0.29, 0.717) is 0 Å². The van der Waals surface area contributed by atoms with Crippen LogP contribution in [0.3, 0.4) is 0 Å². The van der Waals surface area contributed by atoms with E-state index in [1.54, 1.807) is 0 Å². The molecular formula is C15H17N3O2. The van der Waals surface area contributed by atoms with Crippen molar-refractivity contribution < 1.29 is 9.90 Å². The monoisotopic (exact) mass is 271 g/mol. The van der Waals surface area contributed by atoms with E-state index in [0.717, 1.165) is 48.3 Å². The SMILES string of the molecule is Cc1c(N2CCNCC2)c(C(=O)O)nc2ccccc12. The Bertz CT molecular complexity index is 663. The lowest BCUT2D eigenvalue weighted by molar-refractivity contribution is 0.0691. The number of aryl methyl sites for hydroxylation is 1. The number of hydrogen-bond acceptors (Lipinski definition) is 4. The van der Waals surface area contributed by atoms with Crippen LogP contribution in [0.25, 0.3) is 10.9 Å². The molecule has 20 heavy (non-hydrogen) atoms. The van der Waals surface area contributed by atoms with Crippen LogP contribution in [-0.2, 0) is 0 Å². The van der Waals surface area contributed by atoms with E-state index in [1.165, 1.54) is 0 Å². The minimum absolute atomic E-state index is 0.156. The smallest absolute Gasteiger partial charge is 0.356 e. The third kappa shape index (κ3) is 2.10. The number of nitrogens with one attached hydrogen (secondary N) is 1. The molecule has 0 unspecified atom stereocenters. The molecule has 0 radical (unpaired) electrons. The molecule has 3 rings (SSSR count). The number of para-hydroxylation sites is 1. The Morgan fingerprint density at radius 1 is 1.30 bits per heavy atom. The first-order chi connectivity index (χ1) is 9.68. The van der Waals surface area contributed by atoms with Crippen LogP contribution in [-0.4, -0.2) is 42.2 Å². The average molecular weight is 271 g/mol. The number of anilines is 1. The Labute approximate surface area is 117 Å². The van der Waals surface area contributed by atoms with Gasteiger partial charge in [-0.05, 0) is 18.6 Å². The summed E-state index contributed by atoms with van der Waals surface area (Å²) in [5.41, 5.74) is 2.65. The molecule has 5 heteroatoms. The van der Waals surface area contributed by atoms with Gasteiger partial charge in [-0.3, -0.25) is 0 Å². The molecule has 0 aliphatic carbocycles. The van der Waals surface area contributed by atoms with Crippen LogP contribution < -0.4 is 10.2 Å². The van der Waals surface area contributed by atoms with E-state index in [1.807, 2.05) is 31.2 Å². The van der Waals surface area contributed by atoms with Gasteiger partial charge >= 0.3 is 5.97 Å². The summed E-state index contributed by atoms with van der Waals surface area (Å²) in [4.78, 5) is 18.0. The first-order valence-corrected chi connectivity index (χ1v) is 6.77. The first kappa shape index (κ1) is 12.9. The number of carboxylic acids is 1. The Balaban J connectivity index is 2.23. The van der Waals surface area contributed by atoms with Crippen LogP contribution in [0.5, 0.6) is 0 Å². The van der Waals surface area contributed by atoms with E-state index in [9.17, 15) is 9.90 Å². The molecule has 0 bridgehead atoms. The molecular weight excluding hydrogens is 254 g/mol. The predicted molar refractivity (Wildman–Crippen MR) is 78.5 cm³/mol. The molecule has 5 nitrogen and oxygen atoms in total. The standard InChI is InChI=1S/C15H17N3O2/c1-10-11-4-2-3-5-12(11)17-13(15(19)20)14(10)18-8-6-16-7-9-18/h2-5,16H,6-9H2,1H3,(H,19,20). The van der Waals surface area contributed by atoms with E-state index in [-0.39, 0.29) is 5.69 Å². The van der Waals surface area contributed by atoms with E-state index >= 15 is 0 Å². The normalized spacial score (nSPS) is 15.6. The van der Waals surface area contributed by atoms with Gasteiger partial charge in [-0.15, -0.1) is 0 Å². The van der Waals surface area contributed by atoms with Gasteiger partial charge in [-0.25, -0.2) is 9.78 Å². The highest BCUT2D eigenvalue weighted by atomic mass is 16.4. The van der Waals surface area contributed by atoms with Crippen LogP contribution in [0.4, 0.5) is 5.69 Å². The maximum atomic E-state index is 11.6. The van der Waals surface area contributed by atoms with E-state index in [2.05, 4.69) is 15.2 Å². The van der Waals surface area contributed by atoms with Crippen LogP contribution in [0, 0.1) is 6.92 Å². The highest BCUT2D eigenvalue weighted by molar-refractivity contribution is 5.99. The molecule has 0 amide bonds. The molecule has 0 atom stereocenters. The molecule has 104 valence electrons. The molecule has 2 N–H and O–H groups in total. The molecule has 1 aliphatic rings. The molecule has 2 heterocycles. The van der Waals surface area contributed by atoms with Gasteiger partial charge in [0, 0.05) is 31.6 Å². The zero-order valence-corrected chi connectivity index (χ0v) is 11.4. The van der Waals surface area contributed by atoms with Crippen molar-refractivity contribution in [3.63, 3.8) is 0 Å². The lowest BCUT2D eigenvalue weighted by atomic mass is 10.0. The third-order valence-electron chi connectivity index (χ3n) is 3.76. The van der Waals surface area contributed by atoms with Crippen molar-refractivity contribution in [3.8, 4) is 0 Å². The fourth-order valence-corrected chi connectivity index (χ4v) is 2.79. The number of carbonyl (C=O) groups is 1. The average Bonchev–Trinajstić information content (AvgIpc) is 2.48. The minimum atomic E-state index is -0.965.